The highest BCUT2D eigenvalue weighted by Gasteiger charge is 2.39. The molecule has 3 aliphatic rings. The van der Waals surface area contributed by atoms with Crippen molar-refractivity contribution in [3.05, 3.63) is 34.9 Å². The van der Waals surface area contributed by atoms with Crippen LogP contribution in [0, 0.1) is 5.92 Å². The van der Waals surface area contributed by atoms with Gasteiger partial charge < -0.3 is 20.6 Å². The zero-order chi connectivity index (χ0) is 19.7. The molecule has 8 nitrogen and oxygen atoms in total. The summed E-state index contributed by atoms with van der Waals surface area (Å²) < 4.78 is 0. The average Bonchev–Trinajstić information content (AvgIpc) is 3.04. The van der Waals surface area contributed by atoms with E-state index in [2.05, 4.69) is 16.0 Å². The van der Waals surface area contributed by atoms with Crippen molar-refractivity contribution < 1.29 is 19.5 Å². The molecule has 3 heterocycles. The van der Waals surface area contributed by atoms with E-state index in [0.717, 1.165) is 30.6 Å². The van der Waals surface area contributed by atoms with E-state index in [0.29, 0.717) is 25.1 Å². The van der Waals surface area contributed by atoms with Gasteiger partial charge in [0.2, 0.25) is 11.8 Å². The Balaban J connectivity index is 1.48. The van der Waals surface area contributed by atoms with E-state index in [1.807, 2.05) is 12.1 Å². The van der Waals surface area contributed by atoms with Crippen molar-refractivity contribution in [2.24, 2.45) is 5.92 Å². The van der Waals surface area contributed by atoms with Crippen molar-refractivity contribution in [1.82, 2.24) is 20.9 Å². The number of hydrogen-bond donors (Lipinski definition) is 4. The Hall–Kier alpha value is -2.29. The molecule has 28 heavy (non-hydrogen) atoms. The molecule has 2 saturated heterocycles. The number of amides is 3. The van der Waals surface area contributed by atoms with Gasteiger partial charge >= 0.3 is 0 Å². The first-order valence-corrected chi connectivity index (χ1v) is 9.89. The van der Waals surface area contributed by atoms with Gasteiger partial charge in [-0.1, -0.05) is 12.1 Å². The van der Waals surface area contributed by atoms with Crippen molar-refractivity contribution in [2.45, 2.75) is 44.4 Å². The minimum Gasteiger partial charge on any atom is -0.396 e. The number of hydrogen-bond acceptors (Lipinski definition) is 6. The third-order valence-electron chi connectivity index (χ3n) is 6.09. The van der Waals surface area contributed by atoms with Crippen molar-refractivity contribution >= 4 is 17.7 Å². The Morgan fingerprint density at radius 1 is 1.21 bits per heavy atom. The molecule has 4 N–H and O–H groups in total. The van der Waals surface area contributed by atoms with Crippen LogP contribution in [-0.4, -0.2) is 59.5 Å². The molecule has 4 rings (SSSR count). The summed E-state index contributed by atoms with van der Waals surface area (Å²) in [6, 6.07) is 5.24. The lowest BCUT2D eigenvalue weighted by Gasteiger charge is -2.32. The van der Waals surface area contributed by atoms with Gasteiger partial charge in [0.05, 0.1) is 0 Å². The zero-order valence-electron chi connectivity index (χ0n) is 15.7. The molecule has 0 aromatic heterocycles. The number of piperidine rings is 2. The maximum Gasteiger partial charge on any atom is 0.255 e. The number of aliphatic hydroxyl groups excluding tert-OH is 1. The Labute approximate surface area is 163 Å². The second kappa shape index (κ2) is 7.98. The van der Waals surface area contributed by atoms with Gasteiger partial charge in [-0.05, 0) is 42.5 Å². The molecular formula is C20H26N4O4. The van der Waals surface area contributed by atoms with E-state index in [-0.39, 0.29) is 36.8 Å². The molecule has 0 bridgehead atoms. The smallest absolute Gasteiger partial charge is 0.255 e. The Morgan fingerprint density at radius 2 is 2.07 bits per heavy atom. The number of nitrogens with one attached hydrogen (secondary N) is 3. The van der Waals surface area contributed by atoms with Crippen molar-refractivity contribution in [3.8, 4) is 0 Å². The number of carbonyl (C=O) groups is 3. The van der Waals surface area contributed by atoms with E-state index in [4.69, 9.17) is 0 Å². The van der Waals surface area contributed by atoms with Crippen LogP contribution >= 0.6 is 0 Å². The number of rotatable bonds is 5. The van der Waals surface area contributed by atoms with Crippen LogP contribution in [0.1, 0.15) is 40.7 Å². The van der Waals surface area contributed by atoms with Crippen molar-refractivity contribution in [2.75, 3.05) is 19.7 Å². The summed E-state index contributed by atoms with van der Waals surface area (Å²) in [5.74, 6) is -0.607. The third-order valence-corrected chi connectivity index (χ3v) is 6.09. The SMILES string of the molecule is O=C1CCC(N2Cc3c(CNC4CNCCC4CO)cccc3C2=O)C(=O)N1. The first kappa shape index (κ1) is 19.0. The first-order chi connectivity index (χ1) is 13.6. The molecule has 0 saturated carbocycles. The van der Waals surface area contributed by atoms with Gasteiger partial charge in [-0.3, -0.25) is 19.7 Å². The molecule has 0 radical (unpaired) electrons. The standard InChI is InChI=1S/C20H26N4O4/c25-11-13-6-7-21-9-16(13)22-8-12-2-1-3-14-15(12)10-24(20(14)28)17-4-5-18(26)23-19(17)27/h1-3,13,16-17,21-22,25H,4-11H2,(H,23,26,27). The summed E-state index contributed by atoms with van der Waals surface area (Å²) in [5.41, 5.74) is 2.60. The maximum atomic E-state index is 12.9. The number of fused-ring (bicyclic) bond motifs is 1. The van der Waals surface area contributed by atoms with Crippen LogP contribution in [0.2, 0.25) is 0 Å². The van der Waals surface area contributed by atoms with Gasteiger partial charge in [0, 0.05) is 44.3 Å². The Kier molecular flexibility index (Phi) is 5.43. The molecule has 150 valence electrons. The van der Waals surface area contributed by atoms with E-state index in [1.54, 1.807) is 11.0 Å². The van der Waals surface area contributed by atoms with Gasteiger partial charge in [-0.25, -0.2) is 0 Å². The average molecular weight is 386 g/mol. The fourth-order valence-corrected chi connectivity index (χ4v) is 4.43. The predicted molar refractivity (Wildman–Crippen MR) is 101 cm³/mol. The normalized spacial score (nSPS) is 27.7. The summed E-state index contributed by atoms with van der Waals surface area (Å²) in [4.78, 5) is 38.1. The second-order valence-corrected chi connectivity index (χ2v) is 7.77. The number of aliphatic hydroxyl groups is 1. The number of imide groups is 1. The molecule has 3 amide bonds. The molecule has 1 aromatic carbocycles. The lowest BCUT2D eigenvalue weighted by molar-refractivity contribution is -0.136. The van der Waals surface area contributed by atoms with Gasteiger partial charge in [-0.15, -0.1) is 0 Å². The van der Waals surface area contributed by atoms with Crippen LogP contribution < -0.4 is 16.0 Å². The monoisotopic (exact) mass is 386 g/mol. The highest BCUT2D eigenvalue weighted by Crippen LogP contribution is 2.30. The van der Waals surface area contributed by atoms with Crippen LogP contribution in [0.3, 0.4) is 0 Å². The maximum absolute atomic E-state index is 12.9. The highest BCUT2D eigenvalue weighted by atomic mass is 16.3. The summed E-state index contributed by atoms with van der Waals surface area (Å²) in [7, 11) is 0. The summed E-state index contributed by atoms with van der Waals surface area (Å²) >= 11 is 0. The van der Waals surface area contributed by atoms with Gasteiger partial charge in [0.15, 0.2) is 0 Å². The van der Waals surface area contributed by atoms with Crippen LogP contribution in [0.25, 0.3) is 0 Å². The lowest BCUT2D eigenvalue weighted by atomic mass is 9.93. The van der Waals surface area contributed by atoms with Crippen LogP contribution in [0.15, 0.2) is 18.2 Å². The largest absolute Gasteiger partial charge is 0.396 e. The van der Waals surface area contributed by atoms with Gasteiger partial charge in [-0.2, -0.15) is 0 Å². The molecule has 3 aliphatic heterocycles. The predicted octanol–water partition coefficient (Wildman–Crippen LogP) is -0.492. The quantitative estimate of drug-likeness (QED) is 0.508. The van der Waals surface area contributed by atoms with Crippen molar-refractivity contribution in [3.63, 3.8) is 0 Å². The van der Waals surface area contributed by atoms with E-state index in [1.165, 1.54) is 0 Å². The molecule has 1 aromatic rings. The summed E-state index contributed by atoms with van der Waals surface area (Å²) in [5, 5.41) is 18.8. The molecular weight excluding hydrogens is 360 g/mol. The van der Waals surface area contributed by atoms with E-state index < -0.39 is 11.9 Å². The molecule has 2 fully saturated rings. The topological polar surface area (TPSA) is 111 Å². The molecule has 3 unspecified atom stereocenters. The third kappa shape index (κ3) is 3.55. The number of nitrogens with zero attached hydrogens (tertiary/aromatic N) is 1. The first-order valence-electron chi connectivity index (χ1n) is 9.89. The van der Waals surface area contributed by atoms with Crippen molar-refractivity contribution in [1.29, 1.82) is 0 Å². The van der Waals surface area contributed by atoms with Gasteiger partial charge in [0.25, 0.3) is 5.91 Å². The molecule has 8 heteroatoms. The summed E-state index contributed by atoms with van der Waals surface area (Å²) in [6.07, 6.45) is 1.55. The fraction of sp³-hybridized carbons (Fsp3) is 0.550. The van der Waals surface area contributed by atoms with Gasteiger partial charge in [0.1, 0.15) is 6.04 Å². The number of carbonyl (C=O) groups excluding carboxylic acids is 3. The fourth-order valence-electron chi connectivity index (χ4n) is 4.43. The Bertz CT molecular complexity index is 796. The van der Waals surface area contributed by atoms with E-state index >= 15 is 0 Å². The molecule has 0 spiro atoms. The van der Waals surface area contributed by atoms with Crippen LogP contribution in [-0.2, 0) is 22.7 Å². The Morgan fingerprint density at radius 3 is 2.86 bits per heavy atom. The minimum atomic E-state index is -0.597. The van der Waals surface area contributed by atoms with E-state index in [9.17, 15) is 19.5 Å². The molecule has 3 atom stereocenters. The zero-order valence-corrected chi connectivity index (χ0v) is 15.7. The lowest BCUT2D eigenvalue weighted by Crippen LogP contribution is -2.52. The van der Waals surface area contributed by atoms with Crippen LogP contribution in [0.4, 0.5) is 0 Å². The minimum absolute atomic E-state index is 0.154. The number of benzene rings is 1. The summed E-state index contributed by atoms with van der Waals surface area (Å²) in [6.45, 7) is 2.86. The van der Waals surface area contributed by atoms with Crippen LogP contribution in [0.5, 0.6) is 0 Å². The molecule has 0 aliphatic carbocycles. The highest BCUT2D eigenvalue weighted by molar-refractivity contribution is 6.05. The second-order valence-electron chi connectivity index (χ2n) is 7.77.